The van der Waals surface area contributed by atoms with Crippen molar-refractivity contribution in [1.82, 2.24) is 5.32 Å². The molecule has 4 nitrogen and oxygen atoms in total. The molecule has 1 N–H and O–H groups in total. The highest BCUT2D eigenvalue weighted by Crippen LogP contribution is 2.53. The number of nitrogens with one attached hydrogen (secondary N) is 1. The van der Waals surface area contributed by atoms with Crippen molar-refractivity contribution in [3.05, 3.63) is 23.8 Å². The summed E-state index contributed by atoms with van der Waals surface area (Å²) in [5.41, 5.74) is 0.952. The van der Waals surface area contributed by atoms with Gasteiger partial charge in [0.2, 0.25) is 5.91 Å². The lowest BCUT2D eigenvalue weighted by atomic mass is 10.1. The Morgan fingerprint density at radius 2 is 1.83 bits per heavy atom. The average molecular weight is 374 g/mol. The molecule has 0 radical (unpaired) electrons. The molecule has 134 valence electrons. The summed E-state index contributed by atoms with van der Waals surface area (Å²) in [5.74, 6) is 0.996. The van der Waals surface area contributed by atoms with Crippen LogP contribution in [0.25, 0.3) is 0 Å². The predicted molar refractivity (Wildman–Crippen MR) is 97.1 cm³/mol. The highest BCUT2D eigenvalue weighted by atomic mass is 35.5. The second-order valence-electron chi connectivity index (χ2n) is 6.15. The lowest BCUT2D eigenvalue weighted by molar-refractivity contribution is -0.123. The van der Waals surface area contributed by atoms with E-state index in [0.717, 1.165) is 24.2 Å². The van der Waals surface area contributed by atoms with Crippen LogP contribution >= 0.6 is 23.2 Å². The van der Waals surface area contributed by atoms with Crippen LogP contribution in [0.2, 0.25) is 0 Å². The first-order valence-electron chi connectivity index (χ1n) is 8.46. The van der Waals surface area contributed by atoms with Gasteiger partial charge in [0.15, 0.2) is 11.5 Å². The van der Waals surface area contributed by atoms with Crippen molar-refractivity contribution in [3.63, 3.8) is 0 Å². The van der Waals surface area contributed by atoms with Crippen molar-refractivity contribution in [3.8, 4) is 11.5 Å². The van der Waals surface area contributed by atoms with Crippen LogP contribution in [0.1, 0.15) is 51.6 Å². The predicted octanol–water partition coefficient (Wildman–Crippen LogP) is 4.64. The minimum Gasteiger partial charge on any atom is -0.490 e. The van der Waals surface area contributed by atoms with Gasteiger partial charge in [0.05, 0.1) is 25.2 Å². The summed E-state index contributed by atoms with van der Waals surface area (Å²) in [4.78, 5) is 12.1. The molecule has 0 spiro atoms. The molecule has 1 saturated carbocycles. The lowest BCUT2D eigenvalue weighted by Crippen LogP contribution is -2.29. The Morgan fingerprint density at radius 1 is 1.25 bits per heavy atom. The number of halogens is 2. The summed E-state index contributed by atoms with van der Waals surface area (Å²) >= 11 is 11.9. The standard InChI is InChI=1S/C18H25Cl2NO3/c1-4-8-23-15-7-6-13(10-16(15)24-9-5-2)12(3)21-17(22)14-11-18(14,19)20/h6-7,10,12,14H,4-5,8-9,11H2,1-3H3,(H,21,22). The van der Waals surface area contributed by atoms with E-state index in [4.69, 9.17) is 32.7 Å². The number of benzene rings is 1. The zero-order valence-electron chi connectivity index (χ0n) is 14.4. The Morgan fingerprint density at radius 3 is 2.38 bits per heavy atom. The minimum absolute atomic E-state index is 0.116. The number of hydrogen-bond acceptors (Lipinski definition) is 3. The van der Waals surface area contributed by atoms with Gasteiger partial charge in [-0.05, 0) is 43.9 Å². The molecule has 24 heavy (non-hydrogen) atoms. The number of amides is 1. The fourth-order valence-electron chi connectivity index (χ4n) is 2.35. The molecule has 0 saturated heterocycles. The highest BCUT2D eigenvalue weighted by Gasteiger charge is 2.56. The maximum Gasteiger partial charge on any atom is 0.226 e. The third-order valence-electron chi connectivity index (χ3n) is 3.89. The second kappa shape index (κ2) is 8.30. The van der Waals surface area contributed by atoms with Crippen molar-refractivity contribution in [2.75, 3.05) is 13.2 Å². The monoisotopic (exact) mass is 373 g/mol. The quantitative estimate of drug-likeness (QED) is 0.641. The van der Waals surface area contributed by atoms with Gasteiger partial charge < -0.3 is 14.8 Å². The van der Waals surface area contributed by atoms with Crippen molar-refractivity contribution in [1.29, 1.82) is 0 Å². The smallest absolute Gasteiger partial charge is 0.226 e. The Hall–Kier alpha value is -1.13. The van der Waals surface area contributed by atoms with E-state index in [2.05, 4.69) is 19.2 Å². The molecule has 0 bridgehead atoms. The molecule has 1 aromatic rings. The number of hydrogen-bond donors (Lipinski definition) is 1. The van der Waals surface area contributed by atoms with E-state index in [1.807, 2.05) is 25.1 Å². The largest absolute Gasteiger partial charge is 0.490 e. The van der Waals surface area contributed by atoms with Crippen LogP contribution in [-0.4, -0.2) is 23.5 Å². The van der Waals surface area contributed by atoms with Crippen molar-refractivity contribution < 1.29 is 14.3 Å². The summed E-state index contributed by atoms with van der Waals surface area (Å²) in [6.45, 7) is 7.30. The van der Waals surface area contributed by atoms with E-state index in [0.29, 0.717) is 25.4 Å². The van der Waals surface area contributed by atoms with Gasteiger partial charge in [0.1, 0.15) is 4.33 Å². The van der Waals surface area contributed by atoms with Crippen LogP contribution in [0.4, 0.5) is 0 Å². The Kier molecular flexibility index (Phi) is 6.64. The van der Waals surface area contributed by atoms with Crippen LogP contribution in [0.15, 0.2) is 18.2 Å². The molecule has 1 aromatic carbocycles. The fraction of sp³-hybridized carbons (Fsp3) is 0.611. The fourth-order valence-corrected chi connectivity index (χ4v) is 2.85. The van der Waals surface area contributed by atoms with Gasteiger partial charge in [0.25, 0.3) is 0 Å². The van der Waals surface area contributed by atoms with Crippen molar-refractivity contribution >= 4 is 29.1 Å². The van der Waals surface area contributed by atoms with Crippen LogP contribution in [0, 0.1) is 5.92 Å². The molecule has 1 aliphatic carbocycles. The number of carbonyl (C=O) groups is 1. The molecule has 6 heteroatoms. The number of ether oxygens (including phenoxy) is 2. The van der Waals surface area contributed by atoms with E-state index in [1.165, 1.54) is 0 Å². The first kappa shape index (κ1) is 19.2. The molecule has 0 aromatic heterocycles. The third-order valence-corrected chi connectivity index (χ3v) is 4.73. The first-order chi connectivity index (χ1) is 11.4. The van der Waals surface area contributed by atoms with E-state index < -0.39 is 4.33 Å². The van der Waals surface area contributed by atoms with E-state index in [-0.39, 0.29) is 17.9 Å². The SMILES string of the molecule is CCCOc1ccc(C(C)NC(=O)C2CC2(Cl)Cl)cc1OCCC. The molecule has 2 rings (SSSR count). The molecule has 2 atom stereocenters. The van der Waals surface area contributed by atoms with Gasteiger partial charge in [-0.25, -0.2) is 0 Å². The number of carbonyl (C=O) groups excluding carboxylic acids is 1. The van der Waals surface area contributed by atoms with Crippen LogP contribution in [0.3, 0.4) is 0 Å². The molecule has 0 heterocycles. The Bertz CT molecular complexity index is 577. The van der Waals surface area contributed by atoms with Gasteiger partial charge >= 0.3 is 0 Å². The molecular weight excluding hydrogens is 349 g/mol. The van der Waals surface area contributed by atoms with Crippen LogP contribution < -0.4 is 14.8 Å². The molecule has 1 amide bonds. The zero-order valence-corrected chi connectivity index (χ0v) is 15.9. The molecule has 0 aliphatic heterocycles. The highest BCUT2D eigenvalue weighted by molar-refractivity contribution is 6.52. The van der Waals surface area contributed by atoms with Gasteiger partial charge in [-0.15, -0.1) is 23.2 Å². The molecule has 1 fully saturated rings. The van der Waals surface area contributed by atoms with Crippen molar-refractivity contribution in [2.45, 2.75) is 50.4 Å². The van der Waals surface area contributed by atoms with E-state index in [9.17, 15) is 4.79 Å². The maximum atomic E-state index is 12.1. The first-order valence-corrected chi connectivity index (χ1v) is 9.22. The van der Waals surface area contributed by atoms with Gasteiger partial charge in [-0.2, -0.15) is 0 Å². The number of rotatable bonds is 9. The Balaban J connectivity index is 2.06. The van der Waals surface area contributed by atoms with Crippen LogP contribution in [0.5, 0.6) is 11.5 Å². The number of alkyl halides is 2. The Labute approximate surface area is 153 Å². The third kappa shape index (κ3) is 4.93. The molecular formula is C18H25Cl2NO3. The normalized spacial score (nSPS) is 19.5. The summed E-state index contributed by atoms with van der Waals surface area (Å²) in [5, 5.41) is 2.96. The summed E-state index contributed by atoms with van der Waals surface area (Å²) in [7, 11) is 0. The second-order valence-corrected chi connectivity index (χ2v) is 7.69. The average Bonchev–Trinajstić information content (AvgIpc) is 3.20. The summed E-state index contributed by atoms with van der Waals surface area (Å²) in [6.07, 6.45) is 2.35. The van der Waals surface area contributed by atoms with Gasteiger partial charge in [-0.1, -0.05) is 19.9 Å². The molecule has 1 aliphatic rings. The summed E-state index contributed by atoms with van der Waals surface area (Å²) < 4.78 is 10.6. The molecule has 2 unspecified atom stereocenters. The van der Waals surface area contributed by atoms with Crippen LogP contribution in [-0.2, 0) is 4.79 Å². The van der Waals surface area contributed by atoms with E-state index >= 15 is 0 Å². The van der Waals surface area contributed by atoms with E-state index in [1.54, 1.807) is 0 Å². The van der Waals surface area contributed by atoms with Crippen molar-refractivity contribution in [2.24, 2.45) is 5.92 Å². The maximum absolute atomic E-state index is 12.1. The van der Waals surface area contributed by atoms with Gasteiger partial charge in [-0.3, -0.25) is 4.79 Å². The minimum atomic E-state index is -0.906. The topological polar surface area (TPSA) is 47.6 Å². The zero-order chi connectivity index (χ0) is 17.7. The lowest BCUT2D eigenvalue weighted by Gasteiger charge is -2.18. The summed E-state index contributed by atoms with van der Waals surface area (Å²) in [6, 6.07) is 5.60. The van der Waals surface area contributed by atoms with Gasteiger partial charge in [0, 0.05) is 0 Å².